The highest BCUT2D eigenvalue weighted by Gasteiger charge is 2.50. The van der Waals surface area contributed by atoms with Crippen molar-refractivity contribution in [1.29, 1.82) is 0 Å². The zero-order valence-electron chi connectivity index (χ0n) is 21.2. The van der Waals surface area contributed by atoms with E-state index in [0.717, 1.165) is 69.3 Å². The monoisotopic (exact) mass is 480 g/mol. The van der Waals surface area contributed by atoms with E-state index < -0.39 is 0 Å². The van der Waals surface area contributed by atoms with Gasteiger partial charge in [0.05, 0.1) is 22.2 Å². The zero-order valence-corrected chi connectivity index (χ0v) is 21.2. The highest BCUT2D eigenvalue weighted by molar-refractivity contribution is 5.94. The average Bonchev–Trinajstić information content (AvgIpc) is 3.50. The molecule has 0 radical (unpaired) electrons. The topological polar surface area (TPSA) is 76.2 Å². The molecule has 1 amide bonds. The highest BCUT2D eigenvalue weighted by atomic mass is 16.5. The van der Waals surface area contributed by atoms with Gasteiger partial charge < -0.3 is 19.3 Å². The number of esters is 2. The van der Waals surface area contributed by atoms with Gasteiger partial charge in [-0.05, 0) is 82.5 Å². The number of carbonyl (C=O) groups is 3. The number of benzene rings is 1. The van der Waals surface area contributed by atoms with Crippen LogP contribution < -0.4 is 0 Å². The molecule has 3 aliphatic heterocycles. The first-order valence-electron chi connectivity index (χ1n) is 13.1. The van der Waals surface area contributed by atoms with Crippen LogP contribution >= 0.6 is 0 Å². The predicted octanol–water partition coefficient (Wildman–Crippen LogP) is 3.91. The number of hydrogen-bond acceptors (Lipinski definition) is 6. The Morgan fingerprint density at radius 2 is 1.74 bits per heavy atom. The maximum Gasteiger partial charge on any atom is 0.338 e. The maximum atomic E-state index is 13.5. The number of likely N-dealkylation sites (tertiary alicyclic amines) is 1. The Hall–Kier alpha value is -2.67. The molecule has 4 aliphatic rings. The molecule has 7 heteroatoms. The number of ether oxygens (including phenoxy) is 2. The van der Waals surface area contributed by atoms with E-state index in [1.54, 1.807) is 6.92 Å². The summed E-state index contributed by atoms with van der Waals surface area (Å²) in [5, 5.41) is 0. The molecule has 5 rings (SSSR count). The second kappa shape index (κ2) is 9.41. The molecule has 7 nitrogen and oxygen atoms in total. The van der Waals surface area contributed by atoms with Gasteiger partial charge in [-0.1, -0.05) is 13.0 Å². The van der Waals surface area contributed by atoms with E-state index in [1.165, 1.54) is 11.1 Å². The van der Waals surface area contributed by atoms with Crippen LogP contribution in [-0.4, -0.2) is 59.9 Å². The largest absolute Gasteiger partial charge is 0.457 e. The average molecular weight is 481 g/mol. The molecule has 35 heavy (non-hydrogen) atoms. The summed E-state index contributed by atoms with van der Waals surface area (Å²) >= 11 is 0. The van der Waals surface area contributed by atoms with Crippen LogP contribution in [0.5, 0.6) is 0 Å². The van der Waals surface area contributed by atoms with Gasteiger partial charge in [-0.3, -0.25) is 4.79 Å². The third kappa shape index (κ3) is 4.18. The first-order valence-corrected chi connectivity index (χ1v) is 13.1. The van der Waals surface area contributed by atoms with E-state index in [2.05, 4.69) is 24.8 Å². The lowest BCUT2D eigenvalue weighted by atomic mass is 9.71. The minimum absolute atomic E-state index is 0.191. The lowest BCUT2D eigenvalue weighted by molar-refractivity contribution is -0.138. The third-order valence-corrected chi connectivity index (χ3v) is 8.80. The molecule has 0 unspecified atom stereocenters. The van der Waals surface area contributed by atoms with Crippen molar-refractivity contribution in [1.82, 2.24) is 9.80 Å². The minimum atomic E-state index is -0.301. The van der Waals surface area contributed by atoms with Crippen LogP contribution in [0.2, 0.25) is 0 Å². The molecule has 1 spiro atoms. The maximum absolute atomic E-state index is 13.5. The Morgan fingerprint density at radius 3 is 2.43 bits per heavy atom. The second-order valence-corrected chi connectivity index (χ2v) is 10.6. The van der Waals surface area contributed by atoms with Crippen LogP contribution in [0.1, 0.15) is 79.4 Å². The van der Waals surface area contributed by atoms with Crippen molar-refractivity contribution in [3.8, 4) is 0 Å². The number of cyclic esters (lactones) is 2. The first kappa shape index (κ1) is 24.0. The Kier molecular flexibility index (Phi) is 6.47. The first-order chi connectivity index (χ1) is 16.8. The molecule has 1 saturated heterocycles. The molecule has 188 valence electrons. The van der Waals surface area contributed by atoms with Crippen LogP contribution in [-0.2, 0) is 32.1 Å². The van der Waals surface area contributed by atoms with Crippen LogP contribution in [0.15, 0.2) is 23.4 Å². The second-order valence-electron chi connectivity index (χ2n) is 10.6. The van der Waals surface area contributed by atoms with Gasteiger partial charge in [0.1, 0.15) is 13.2 Å². The molecule has 1 aromatic carbocycles. The Balaban J connectivity index is 1.22. The molecule has 0 bridgehead atoms. The van der Waals surface area contributed by atoms with Crippen molar-refractivity contribution in [2.24, 2.45) is 5.41 Å². The number of nitrogens with zero attached hydrogens (tertiary/aromatic N) is 2. The molecule has 0 atom stereocenters. The normalized spacial score (nSPS) is 26.2. The van der Waals surface area contributed by atoms with Gasteiger partial charge in [-0.15, -0.1) is 0 Å². The molecule has 0 aromatic heterocycles. The van der Waals surface area contributed by atoms with Crippen LogP contribution in [0, 0.1) is 12.3 Å². The molecule has 1 saturated carbocycles. The fourth-order valence-corrected chi connectivity index (χ4v) is 6.51. The zero-order chi connectivity index (χ0) is 24.7. The van der Waals surface area contributed by atoms with Crippen molar-refractivity contribution in [3.05, 3.63) is 45.7 Å². The van der Waals surface area contributed by atoms with E-state index in [0.29, 0.717) is 30.3 Å². The van der Waals surface area contributed by atoms with Gasteiger partial charge >= 0.3 is 11.9 Å². The summed E-state index contributed by atoms with van der Waals surface area (Å²) in [6, 6.07) is 4.49. The molecule has 1 aliphatic carbocycles. The molecular weight excluding hydrogens is 444 g/mol. The summed E-state index contributed by atoms with van der Waals surface area (Å²) in [6.45, 7) is 9.41. The van der Waals surface area contributed by atoms with Gasteiger partial charge in [0.15, 0.2) is 0 Å². The molecule has 1 aromatic rings. The van der Waals surface area contributed by atoms with Crippen LogP contribution in [0.4, 0.5) is 0 Å². The minimum Gasteiger partial charge on any atom is -0.457 e. The Morgan fingerprint density at radius 1 is 1.00 bits per heavy atom. The lowest BCUT2D eigenvalue weighted by Crippen LogP contribution is -2.45. The summed E-state index contributed by atoms with van der Waals surface area (Å²) in [7, 11) is 0. The van der Waals surface area contributed by atoms with Crippen molar-refractivity contribution < 1.29 is 23.9 Å². The van der Waals surface area contributed by atoms with Gasteiger partial charge in [0, 0.05) is 24.7 Å². The van der Waals surface area contributed by atoms with Crippen molar-refractivity contribution >= 4 is 17.8 Å². The standard InChI is InChI=1S/C28H36N2O5/c1-4-13-29(14-9-20-5-6-22-23(18(20)2)16-34-26(22)32)21-7-10-28(11-8-21)12-15-30(27(28)33)24-17-35-25(31)19(24)3/h5-6,21H,4,7-17H2,1-3H3. The van der Waals surface area contributed by atoms with E-state index in [1.807, 2.05) is 11.0 Å². The van der Waals surface area contributed by atoms with Gasteiger partial charge in [0.25, 0.3) is 0 Å². The van der Waals surface area contributed by atoms with E-state index in [9.17, 15) is 14.4 Å². The SMILES string of the molecule is CCCN(CCc1ccc2c(c1C)COC2=O)C1CCC2(CC1)CCN(C1=C(C)C(=O)OC1)C2=O. The fraction of sp³-hybridized carbons (Fsp3) is 0.607. The number of hydrogen-bond donors (Lipinski definition) is 0. The van der Waals surface area contributed by atoms with E-state index in [-0.39, 0.29) is 29.9 Å². The number of carbonyl (C=O) groups excluding carboxylic acids is 3. The van der Waals surface area contributed by atoms with Gasteiger partial charge in [-0.2, -0.15) is 0 Å². The predicted molar refractivity (Wildman–Crippen MR) is 131 cm³/mol. The lowest BCUT2D eigenvalue weighted by Gasteiger charge is -2.41. The quantitative estimate of drug-likeness (QED) is 0.551. The molecule has 3 heterocycles. The third-order valence-electron chi connectivity index (χ3n) is 8.80. The summed E-state index contributed by atoms with van der Waals surface area (Å²) in [4.78, 5) is 41.6. The van der Waals surface area contributed by atoms with E-state index >= 15 is 0 Å². The van der Waals surface area contributed by atoms with Crippen LogP contribution in [0.3, 0.4) is 0 Å². The van der Waals surface area contributed by atoms with Gasteiger partial charge in [-0.25, -0.2) is 9.59 Å². The number of fused-ring (bicyclic) bond motifs is 1. The van der Waals surface area contributed by atoms with Gasteiger partial charge in [0.2, 0.25) is 5.91 Å². The molecule has 0 N–H and O–H groups in total. The molecular formula is C28H36N2O5. The van der Waals surface area contributed by atoms with Crippen molar-refractivity contribution in [3.63, 3.8) is 0 Å². The Bertz CT molecular complexity index is 1080. The summed E-state index contributed by atoms with van der Waals surface area (Å²) in [5.74, 6) is -0.321. The van der Waals surface area contributed by atoms with Crippen molar-refractivity contribution in [2.75, 3.05) is 26.2 Å². The summed E-state index contributed by atoms with van der Waals surface area (Å²) < 4.78 is 10.4. The number of rotatable bonds is 7. The number of amides is 1. The van der Waals surface area contributed by atoms with Crippen LogP contribution in [0.25, 0.3) is 0 Å². The smallest absolute Gasteiger partial charge is 0.338 e. The Labute approximate surface area is 207 Å². The fourth-order valence-electron chi connectivity index (χ4n) is 6.51. The summed E-state index contributed by atoms with van der Waals surface area (Å²) in [6.07, 6.45) is 6.78. The highest BCUT2D eigenvalue weighted by Crippen LogP contribution is 2.47. The van der Waals surface area contributed by atoms with Crippen molar-refractivity contribution in [2.45, 2.75) is 78.4 Å². The van der Waals surface area contributed by atoms with E-state index in [4.69, 9.17) is 9.47 Å². The summed E-state index contributed by atoms with van der Waals surface area (Å²) in [5.41, 5.74) is 5.29. The molecule has 2 fully saturated rings.